The highest BCUT2D eigenvalue weighted by molar-refractivity contribution is 6.06. The third-order valence-electron chi connectivity index (χ3n) is 3.88. The van der Waals surface area contributed by atoms with E-state index < -0.39 is 0 Å². The van der Waals surface area contributed by atoms with Crippen LogP contribution >= 0.6 is 0 Å². The Morgan fingerprint density at radius 3 is 2.32 bits per heavy atom. The van der Waals surface area contributed by atoms with Crippen LogP contribution in [0.25, 0.3) is 6.08 Å². The largest absolute Gasteiger partial charge is 0.488 e. The SMILES string of the molecule is Cc1ccc(OCc2ccccc2)c(/C=C/C(=O)c2ccccc2)c1. The van der Waals surface area contributed by atoms with Gasteiger partial charge in [0.2, 0.25) is 0 Å². The molecule has 0 unspecified atom stereocenters. The van der Waals surface area contributed by atoms with Crippen LogP contribution in [-0.4, -0.2) is 5.78 Å². The summed E-state index contributed by atoms with van der Waals surface area (Å²) in [7, 11) is 0. The van der Waals surface area contributed by atoms with E-state index in [4.69, 9.17) is 4.74 Å². The van der Waals surface area contributed by atoms with E-state index in [0.717, 1.165) is 22.4 Å². The first-order valence-electron chi connectivity index (χ1n) is 8.27. The van der Waals surface area contributed by atoms with Crippen LogP contribution in [-0.2, 0) is 6.61 Å². The van der Waals surface area contributed by atoms with E-state index in [1.807, 2.05) is 91.9 Å². The number of allylic oxidation sites excluding steroid dienone is 1. The van der Waals surface area contributed by atoms with Crippen LogP contribution in [0, 0.1) is 6.92 Å². The maximum absolute atomic E-state index is 12.3. The van der Waals surface area contributed by atoms with E-state index in [1.54, 1.807) is 6.08 Å². The lowest BCUT2D eigenvalue weighted by atomic mass is 10.1. The second kappa shape index (κ2) is 8.11. The average Bonchev–Trinajstić information content (AvgIpc) is 2.67. The summed E-state index contributed by atoms with van der Waals surface area (Å²) in [6.07, 6.45) is 3.42. The predicted octanol–water partition coefficient (Wildman–Crippen LogP) is 5.47. The highest BCUT2D eigenvalue weighted by atomic mass is 16.5. The van der Waals surface area contributed by atoms with Crippen molar-refractivity contribution in [1.82, 2.24) is 0 Å². The Morgan fingerprint density at radius 1 is 0.920 bits per heavy atom. The summed E-state index contributed by atoms with van der Waals surface area (Å²) in [5.41, 5.74) is 3.82. The van der Waals surface area contributed by atoms with Crippen molar-refractivity contribution in [1.29, 1.82) is 0 Å². The fraction of sp³-hybridized carbons (Fsp3) is 0.0870. The molecule has 0 saturated carbocycles. The van der Waals surface area contributed by atoms with Crippen molar-refractivity contribution in [3.63, 3.8) is 0 Å². The molecule has 0 aromatic heterocycles. The zero-order valence-corrected chi connectivity index (χ0v) is 14.2. The minimum absolute atomic E-state index is 0.0175. The lowest BCUT2D eigenvalue weighted by molar-refractivity contribution is 0.104. The van der Waals surface area contributed by atoms with E-state index in [9.17, 15) is 4.79 Å². The molecule has 124 valence electrons. The van der Waals surface area contributed by atoms with Gasteiger partial charge < -0.3 is 4.74 Å². The first-order valence-corrected chi connectivity index (χ1v) is 8.27. The van der Waals surface area contributed by atoms with Crippen LogP contribution in [0.2, 0.25) is 0 Å². The number of benzene rings is 3. The topological polar surface area (TPSA) is 26.3 Å². The Labute approximate surface area is 148 Å². The number of ketones is 1. The second-order valence-corrected chi connectivity index (χ2v) is 5.88. The molecule has 2 nitrogen and oxygen atoms in total. The predicted molar refractivity (Wildman–Crippen MR) is 102 cm³/mol. The smallest absolute Gasteiger partial charge is 0.185 e. The Morgan fingerprint density at radius 2 is 1.60 bits per heavy atom. The Kier molecular flexibility index (Phi) is 5.43. The Hall–Kier alpha value is -3.13. The van der Waals surface area contributed by atoms with Gasteiger partial charge in [-0.25, -0.2) is 0 Å². The summed E-state index contributed by atoms with van der Waals surface area (Å²) in [5, 5.41) is 0. The van der Waals surface area contributed by atoms with E-state index in [2.05, 4.69) is 0 Å². The molecule has 0 fully saturated rings. The number of hydrogen-bond acceptors (Lipinski definition) is 2. The molecule has 2 heteroatoms. The van der Waals surface area contributed by atoms with Gasteiger partial charge in [0.25, 0.3) is 0 Å². The molecule has 0 radical (unpaired) electrons. The molecule has 0 aliphatic rings. The van der Waals surface area contributed by atoms with Gasteiger partial charge in [-0.15, -0.1) is 0 Å². The third-order valence-corrected chi connectivity index (χ3v) is 3.88. The van der Waals surface area contributed by atoms with Crippen molar-refractivity contribution in [3.8, 4) is 5.75 Å². The lowest BCUT2D eigenvalue weighted by Crippen LogP contribution is -1.98. The van der Waals surface area contributed by atoms with Gasteiger partial charge in [0, 0.05) is 11.1 Å². The molecule has 3 aromatic carbocycles. The maximum Gasteiger partial charge on any atom is 0.185 e. The summed E-state index contributed by atoms with van der Waals surface area (Å²) in [4.78, 5) is 12.3. The van der Waals surface area contributed by atoms with Crippen LogP contribution in [0.5, 0.6) is 5.75 Å². The van der Waals surface area contributed by atoms with Gasteiger partial charge in [-0.3, -0.25) is 4.79 Å². The molecular weight excluding hydrogens is 308 g/mol. The number of carbonyl (C=O) groups excluding carboxylic acids is 1. The van der Waals surface area contributed by atoms with Gasteiger partial charge in [0.15, 0.2) is 5.78 Å². The normalized spacial score (nSPS) is 10.8. The van der Waals surface area contributed by atoms with Gasteiger partial charge in [0.1, 0.15) is 12.4 Å². The minimum Gasteiger partial charge on any atom is -0.488 e. The highest BCUT2D eigenvalue weighted by Crippen LogP contribution is 2.23. The summed E-state index contributed by atoms with van der Waals surface area (Å²) in [6, 6.07) is 25.3. The summed E-state index contributed by atoms with van der Waals surface area (Å²) in [5.74, 6) is 0.752. The highest BCUT2D eigenvalue weighted by Gasteiger charge is 2.04. The Balaban J connectivity index is 1.77. The van der Waals surface area contributed by atoms with E-state index in [1.165, 1.54) is 0 Å². The van der Waals surface area contributed by atoms with Gasteiger partial charge in [-0.1, -0.05) is 72.3 Å². The third kappa shape index (κ3) is 4.67. The van der Waals surface area contributed by atoms with Crippen LogP contribution < -0.4 is 4.74 Å². The van der Waals surface area contributed by atoms with Crippen LogP contribution in [0.15, 0.2) is 84.9 Å². The Bertz CT molecular complexity index is 865. The van der Waals surface area contributed by atoms with Gasteiger partial charge in [-0.05, 0) is 36.8 Å². The minimum atomic E-state index is -0.0175. The molecular formula is C23H20O2. The number of rotatable bonds is 6. The van der Waals surface area contributed by atoms with Crippen LogP contribution in [0.4, 0.5) is 0 Å². The van der Waals surface area contributed by atoms with Crippen molar-refractivity contribution in [3.05, 3.63) is 107 Å². The van der Waals surface area contributed by atoms with E-state index in [-0.39, 0.29) is 5.78 Å². The fourth-order valence-corrected chi connectivity index (χ4v) is 2.53. The van der Waals surface area contributed by atoms with Crippen molar-refractivity contribution >= 4 is 11.9 Å². The number of carbonyl (C=O) groups is 1. The molecule has 3 aromatic rings. The van der Waals surface area contributed by atoms with Crippen LogP contribution in [0.3, 0.4) is 0 Å². The van der Waals surface area contributed by atoms with Crippen molar-refractivity contribution < 1.29 is 9.53 Å². The average molecular weight is 328 g/mol. The molecule has 3 rings (SSSR count). The molecule has 0 heterocycles. The molecule has 25 heavy (non-hydrogen) atoms. The fourth-order valence-electron chi connectivity index (χ4n) is 2.53. The molecule has 0 saturated heterocycles. The first kappa shape index (κ1) is 16.7. The molecule has 0 N–H and O–H groups in total. The van der Waals surface area contributed by atoms with Gasteiger partial charge >= 0.3 is 0 Å². The van der Waals surface area contributed by atoms with Gasteiger partial charge in [-0.2, -0.15) is 0 Å². The summed E-state index contributed by atoms with van der Waals surface area (Å²) >= 11 is 0. The molecule has 0 aliphatic carbocycles. The molecule has 0 spiro atoms. The number of hydrogen-bond donors (Lipinski definition) is 0. The van der Waals surface area contributed by atoms with Crippen molar-refractivity contribution in [2.75, 3.05) is 0 Å². The number of aryl methyl sites for hydroxylation is 1. The zero-order chi connectivity index (χ0) is 17.5. The monoisotopic (exact) mass is 328 g/mol. The quantitative estimate of drug-likeness (QED) is 0.443. The van der Waals surface area contributed by atoms with Gasteiger partial charge in [0.05, 0.1) is 0 Å². The zero-order valence-electron chi connectivity index (χ0n) is 14.2. The summed E-state index contributed by atoms with van der Waals surface area (Å²) < 4.78 is 5.95. The second-order valence-electron chi connectivity index (χ2n) is 5.88. The molecule has 0 atom stereocenters. The molecule has 0 bridgehead atoms. The standard InChI is InChI=1S/C23H20O2/c1-18-12-15-23(25-17-19-8-4-2-5-9-19)21(16-18)13-14-22(24)20-10-6-3-7-11-20/h2-16H,17H2,1H3/b14-13+. The van der Waals surface area contributed by atoms with E-state index >= 15 is 0 Å². The van der Waals surface area contributed by atoms with E-state index in [0.29, 0.717) is 12.2 Å². The number of ether oxygens (including phenoxy) is 1. The van der Waals surface area contributed by atoms with Crippen molar-refractivity contribution in [2.45, 2.75) is 13.5 Å². The molecule has 0 aliphatic heterocycles. The first-order chi connectivity index (χ1) is 12.2. The lowest BCUT2D eigenvalue weighted by Gasteiger charge is -2.10. The summed E-state index contributed by atoms with van der Waals surface area (Å²) in [6.45, 7) is 2.52. The maximum atomic E-state index is 12.3. The van der Waals surface area contributed by atoms with Crippen molar-refractivity contribution in [2.24, 2.45) is 0 Å². The van der Waals surface area contributed by atoms with Crippen LogP contribution in [0.1, 0.15) is 27.0 Å². The molecule has 0 amide bonds.